The van der Waals surface area contributed by atoms with Crippen molar-refractivity contribution < 1.29 is 0 Å². The van der Waals surface area contributed by atoms with Gasteiger partial charge in [-0.05, 0) is 24.0 Å². The van der Waals surface area contributed by atoms with Gasteiger partial charge >= 0.3 is 0 Å². The number of hydrogen-bond acceptors (Lipinski definition) is 2. The van der Waals surface area contributed by atoms with Crippen LogP contribution in [0.1, 0.15) is 56.0 Å². The van der Waals surface area contributed by atoms with Crippen molar-refractivity contribution in [3.63, 3.8) is 0 Å². The van der Waals surface area contributed by atoms with Gasteiger partial charge in [0, 0.05) is 30.4 Å². The lowest BCUT2D eigenvalue weighted by Gasteiger charge is -2.23. The molecule has 0 saturated carbocycles. The third-order valence-corrected chi connectivity index (χ3v) is 3.38. The summed E-state index contributed by atoms with van der Waals surface area (Å²) in [6, 6.07) is 4.43. The zero-order valence-corrected chi connectivity index (χ0v) is 9.88. The molecule has 1 aliphatic heterocycles. The van der Waals surface area contributed by atoms with Crippen LogP contribution in [0.5, 0.6) is 0 Å². The summed E-state index contributed by atoms with van der Waals surface area (Å²) in [6.45, 7) is 8.76. The molecule has 0 aliphatic carbocycles. The van der Waals surface area contributed by atoms with Crippen molar-refractivity contribution >= 4 is 0 Å². The Morgan fingerprint density at radius 3 is 3.07 bits per heavy atom. The van der Waals surface area contributed by atoms with Crippen LogP contribution in [-0.4, -0.2) is 11.5 Å². The van der Waals surface area contributed by atoms with Crippen molar-refractivity contribution in [1.29, 1.82) is 0 Å². The molecule has 2 rings (SSSR count). The zero-order chi connectivity index (χ0) is 10.8. The highest BCUT2D eigenvalue weighted by Crippen LogP contribution is 2.25. The largest absolute Gasteiger partial charge is 0.312 e. The summed E-state index contributed by atoms with van der Waals surface area (Å²) in [4.78, 5) is 4.83. The Morgan fingerprint density at radius 2 is 2.33 bits per heavy atom. The average molecular weight is 204 g/mol. The quantitative estimate of drug-likeness (QED) is 0.801. The van der Waals surface area contributed by atoms with E-state index in [1.807, 2.05) is 0 Å². The minimum absolute atomic E-state index is 0.553. The molecule has 82 valence electrons. The fourth-order valence-corrected chi connectivity index (χ4v) is 2.10. The smallest absolute Gasteiger partial charge is 0.0492 e. The standard InChI is InChI=1S/C13H20N2/c1-4-9(2)12-6-5-11-8-14-7-10(3)13(11)15-12/h5-6,9-10,14H,4,7-8H2,1-3H3. The van der Waals surface area contributed by atoms with Gasteiger partial charge in [-0.25, -0.2) is 0 Å². The van der Waals surface area contributed by atoms with E-state index in [0.717, 1.165) is 13.1 Å². The molecule has 1 aliphatic rings. The summed E-state index contributed by atoms with van der Waals surface area (Å²) in [6.07, 6.45) is 1.17. The summed E-state index contributed by atoms with van der Waals surface area (Å²) in [7, 11) is 0. The van der Waals surface area contributed by atoms with Gasteiger partial charge in [0.05, 0.1) is 0 Å². The highest BCUT2D eigenvalue weighted by molar-refractivity contribution is 5.29. The highest BCUT2D eigenvalue weighted by atomic mass is 14.9. The molecule has 0 radical (unpaired) electrons. The van der Waals surface area contributed by atoms with E-state index in [4.69, 9.17) is 4.98 Å². The van der Waals surface area contributed by atoms with Crippen molar-refractivity contribution in [1.82, 2.24) is 10.3 Å². The van der Waals surface area contributed by atoms with E-state index in [1.165, 1.54) is 23.4 Å². The predicted octanol–water partition coefficient (Wildman–Crippen LogP) is 2.80. The van der Waals surface area contributed by atoms with Gasteiger partial charge in [-0.3, -0.25) is 4.98 Å². The zero-order valence-electron chi connectivity index (χ0n) is 9.88. The molecule has 15 heavy (non-hydrogen) atoms. The van der Waals surface area contributed by atoms with Gasteiger partial charge in [0.15, 0.2) is 0 Å². The molecule has 1 aromatic rings. The molecule has 1 N–H and O–H groups in total. The Labute approximate surface area is 92.1 Å². The van der Waals surface area contributed by atoms with Crippen LogP contribution < -0.4 is 5.32 Å². The van der Waals surface area contributed by atoms with E-state index >= 15 is 0 Å². The predicted molar refractivity (Wildman–Crippen MR) is 63.1 cm³/mol. The van der Waals surface area contributed by atoms with Crippen LogP contribution in [0, 0.1) is 0 Å². The molecule has 0 spiro atoms. The van der Waals surface area contributed by atoms with Crippen LogP contribution in [0.15, 0.2) is 12.1 Å². The third-order valence-electron chi connectivity index (χ3n) is 3.38. The van der Waals surface area contributed by atoms with E-state index < -0.39 is 0 Å². The van der Waals surface area contributed by atoms with Crippen LogP contribution in [0.25, 0.3) is 0 Å². The van der Waals surface area contributed by atoms with E-state index in [2.05, 4.69) is 38.2 Å². The molecule has 0 amide bonds. The molecular weight excluding hydrogens is 184 g/mol. The molecule has 0 saturated heterocycles. The lowest BCUT2D eigenvalue weighted by Crippen LogP contribution is -2.28. The molecular formula is C13H20N2. The van der Waals surface area contributed by atoms with Crippen LogP contribution in [0.2, 0.25) is 0 Å². The maximum absolute atomic E-state index is 4.83. The number of fused-ring (bicyclic) bond motifs is 1. The first-order valence-electron chi connectivity index (χ1n) is 5.92. The number of aromatic nitrogens is 1. The normalized spacial score (nSPS) is 22.2. The maximum atomic E-state index is 4.83. The van der Waals surface area contributed by atoms with E-state index in [1.54, 1.807) is 0 Å². The SMILES string of the molecule is CCC(C)c1ccc2c(n1)C(C)CNC2. The Balaban J connectivity index is 2.35. The second-order valence-corrected chi connectivity index (χ2v) is 4.62. The van der Waals surface area contributed by atoms with E-state index in [0.29, 0.717) is 11.8 Å². The van der Waals surface area contributed by atoms with E-state index in [-0.39, 0.29) is 0 Å². The van der Waals surface area contributed by atoms with Crippen LogP contribution in [-0.2, 0) is 6.54 Å². The van der Waals surface area contributed by atoms with Gasteiger partial charge in [-0.2, -0.15) is 0 Å². The second kappa shape index (κ2) is 4.31. The van der Waals surface area contributed by atoms with Crippen molar-refractivity contribution in [3.8, 4) is 0 Å². The lowest BCUT2D eigenvalue weighted by atomic mass is 9.95. The van der Waals surface area contributed by atoms with Crippen molar-refractivity contribution in [2.24, 2.45) is 0 Å². The topological polar surface area (TPSA) is 24.9 Å². The van der Waals surface area contributed by atoms with Gasteiger partial charge in [0.25, 0.3) is 0 Å². The summed E-state index contributed by atoms with van der Waals surface area (Å²) >= 11 is 0. The molecule has 1 aromatic heterocycles. The average Bonchev–Trinajstić information content (AvgIpc) is 2.28. The second-order valence-electron chi connectivity index (χ2n) is 4.62. The summed E-state index contributed by atoms with van der Waals surface area (Å²) in [5.74, 6) is 1.13. The molecule has 2 atom stereocenters. The highest BCUT2D eigenvalue weighted by Gasteiger charge is 2.18. The fraction of sp³-hybridized carbons (Fsp3) is 0.615. The number of nitrogens with one attached hydrogen (secondary N) is 1. The molecule has 2 heteroatoms. The Hall–Kier alpha value is -0.890. The van der Waals surface area contributed by atoms with Crippen molar-refractivity contribution in [3.05, 3.63) is 29.1 Å². The van der Waals surface area contributed by atoms with Gasteiger partial charge in [-0.1, -0.05) is 26.8 Å². The Bertz CT molecular complexity index is 346. The molecule has 2 unspecified atom stereocenters. The van der Waals surface area contributed by atoms with Gasteiger partial charge in [0.2, 0.25) is 0 Å². The van der Waals surface area contributed by atoms with E-state index in [9.17, 15) is 0 Å². The third kappa shape index (κ3) is 2.05. The molecule has 2 heterocycles. The Kier molecular flexibility index (Phi) is 3.06. The first kappa shape index (κ1) is 10.6. The molecule has 0 fully saturated rings. The Morgan fingerprint density at radius 1 is 1.53 bits per heavy atom. The summed E-state index contributed by atoms with van der Waals surface area (Å²) < 4.78 is 0. The molecule has 0 bridgehead atoms. The fourth-order valence-electron chi connectivity index (χ4n) is 2.10. The monoisotopic (exact) mass is 204 g/mol. The lowest BCUT2D eigenvalue weighted by molar-refractivity contribution is 0.550. The van der Waals surface area contributed by atoms with Crippen LogP contribution in [0.3, 0.4) is 0 Å². The number of hydrogen-bond donors (Lipinski definition) is 1. The van der Waals surface area contributed by atoms with Gasteiger partial charge < -0.3 is 5.32 Å². The van der Waals surface area contributed by atoms with Crippen LogP contribution >= 0.6 is 0 Å². The number of rotatable bonds is 2. The van der Waals surface area contributed by atoms with Crippen LogP contribution in [0.4, 0.5) is 0 Å². The maximum Gasteiger partial charge on any atom is 0.0492 e. The number of nitrogens with zero attached hydrogens (tertiary/aromatic N) is 1. The first-order chi connectivity index (χ1) is 7.22. The number of pyridine rings is 1. The minimum Gasteiger partial charge on any atom is -0.312 e. The minimum atomic E-state index is 0.553. The molecule has 2 nitrogen and oxygen atoms in total. The van der Waals surface area contributed by atoms with Gasteiger partial charge in [0.1, 0.15) is 0 Å². The first-order valence-corrected chi connectivity index (χ1v) is 5.92. The van der Waals surface area contributed by atoms with Crippen molar-refractivity contribution in [2.75, 3.05) is 6.54 Å². The van der Waals surface area contributed by atoms with Crippen molar-refractivity contribution in [2.45, 2.75) is 45.6 Å². The summed E-state index contributed by atoms with van der Waals surface area (Å²) in [5, 5.41) is 3.41. The molecule has 0 aromatic carbocycles. The van der Waals surface area contributed by atoms with Gasteiger partial charge in [-0.15, -0.1) is 0 Å². The summed E-state index contributed by atoms with van der Waals surface area (Å²) in [5.41, 5.74) is 3.94.